The van der Waals surface area contributed by atoms with Crippen molar-refractivity contribution in [3.63, 3.8) is 0 Å². The van der Waals surface area contributed by atoms with E-state index in [0.717, 1.165) is 0 Å². The third-order valence-corrected chi connectivity index (χ3v) is 10.1. The highest BCUT2D eigenvalue weighted by atomic mass is 28.4. The van der Waals surface area contributed by atoms with Gasteiger partial charge in [-0.1, -0.05) is 25.9 Å². The zero-order valence-corrected chi connectivity index (χ0v) is 17.6. The van der Waals surface area contributed by atoms with Gasteiger partial charge in [0.15, 0.2) is 19.8 Å². The van der Waals surface area contributed by atoms with Crippen molar-refractivity contribution in [1.82, 2.24) is 19.5 Å². The number of aromatic nitrogens is 4. The Morgan fingerprint density at radius 2 is 2.11 bits per heavy atom. The van der Waals surface area contributed by atoms with Crippen molar-refractivity contribution in [2.24, 2.45) is 5.11 Å². The van der Waals surface area contributed by atoms with Crippen LogP contribution in [0.5, 0.6) is 0 Å². The molecule has 0 amide bonds. The maximum atomic E-state index is 10.7. The normalized spacial score (nSPS) is 25.8. The van der Waals surface area contributed by atoms with Crippen LogP contribution in [0.25, 0.3) is 21.6 Å². The highest BCUT2D eigenvalue weighted by Gasteiger charge is 2.46. The van der Waals surface area contributed by atoms with Gasteiger partial charge in [0.25, 0.3) is 0 Å². The van der Waals surface area contributed by atoms with Crippen molar-refractivity contribution in [1.29, 1.82) is 0 Å². The molecule has 3 rings (SSSR count). The van der Waals surface area contributed by atoms with Gasteiger partial charge < -0.3 is 20.0 Å². The maximum absolute atomic E-state index is 10.7. The van der Waals surface area contributed by atoms with Crippen LogP contribution >= 0.6 is 0 Å². The Morgan fingerprint density at radius 1 is 1.39 bits per heavy atom. The second-order valence-electron chi connectivity index (χ2n) is 8.41. The fourth-order valence-corrected chi connectivity index (χ4v) is 3.86. The smallest absolute Gasteiger partial charge is 0.192 e. The predicted octanol–water partition coefficient (Wildman–Crippen LogP) is 2.37. The Labute approximate surface area is 163 Å². The summed E-state index contributed by atoms with van der Waals surface area (Å²) in [7, 11) is -2.03. The van der Waals surface area contributed by atoms with Crippen LogP contribution in [-0.2, 0) is 9.16 Å². The quantitative estimate of drug-likeness (QED) is 0.334. The minimum atomic E-state index is -2.03. The van der Waals surface area contributed by atoms with Gasteiger partial charge in [0.2, 0.25) is 0 Å². The summed E-state index contributed by atoms with van der Waals surface area (Å²) in [5.41, 5.74) is 15.7. The van der Waals surface area contributed by atoms with Crippen molar-refractivity contribution in [3.8, 4) is 0 Å². The molecule has 11 nitrogen and oxygen atoms in total. The number of anilines is 1. The van der Waals surface area contributed by atoms with Crippen LogP contribution in [0.2, 0.25) is 18.1 Å². The lowest BCUT2D eigenvalue weighted by molar-refractivity contribution is -0.0410. The van der Waals surface area contributed by atoms with E-state index in [1.54, 1.807) is 4.57 Å². The molecular formula is C16H26N8O3Si. The molecule has 0 radical (unpaired) electrons. The van der Waals surface area contributed by atoms with E-state index in [1.807, 2.05) is 0 Å². The minimum Gasteiger partial charge on any atom is -0.414 e. The molecule has 3 N–H and O–H groups in total. The van der Waals surface area contributed by atoms with E-state index in [4.69, 9.17) is 20.4 Å². The molecule has 1 aliphatic rings. The Hall–Kier alpha value is -2.24. The van der Waals surface area contributed by atoms with E-state index in [0.29, 0.717) is 11.2 Å². The van der Waals surface area contributed by atoms with Gasteiger partial charge in [-0.05, 0) is 23.7 Å². The number of aliphatic hydroxyl groups excluding tert-OH is 1. The van der Waals surface area contributed by atoms with Crippen LogP contribution in [0.3, 0.4) is 0 Å². The molecule has 0 spiro atoms. The van der Waals surface area contributed by atoms with Gasteiger partial charge in [-0.25, -0.2) is 15.0 Å². The van der Waals surface area contributed by atoms with E-state index in [9.17, 15) is 5.11 Å². The second kappa shape index (κ2) is 7.30. The Bertz CT molecular complexity index is 905. The van der Waals surface area contributed by atoms with Crippen LogP contribution in [0, 0.1) is 0 Å². The van der Waals surface area contributed by atoms with Crippen molar-refractivity contribution >= 4 is 25.3 Å². The summed E-state index contributed by atoms with van der Waals surface area (Å²) in [6, 6.07) is -0.855. The highest BCUT2D eigenvalue weighted by molar-refractivity contribution is 6.74. The largest absolute Gasteiger partial charge is 0.414 e. The first-order valence-corrected chi connectivity index (χ1v) is 11.9. The molecule has 0 unspecified atom stereocenters. The molecule has 12 heteroatoms. The lowest BCUT2D eigenvalue weighted by Gasteiger charge is -2.37. The third kappa shape index (κ3) is 3.56. The zero-order chi connectivity index (χ0) is 20.7. The average molecular weight is 407 g/mol. The van der Waals surface area contributed by atoms with Gasteiger partial charge in [0, 0.05) is 4.91 Å². The lowest BCUT2D eigenvalue weighted by atomic mass is 10.1. The standard InChI is InChI=1S/C16H26N8O3Si/c1-16(2,3)28(4,5)26-6-9-12(25)10(22-23-18)15(27-9)24-8-21-11-13(17)19-7-20-14(11)24/h7-10,12,15,25H,6H2,1-5H3,(H2,17,19,20)/t9-,10+,12-,15-/m1/s1. The van der Waals surface area contributed by atoms with Crippen LogP contribution in [0.15, 0.2) is 17.8 Å². The molecule has 4 atom stereocenters. The molecule has 0 bridgehead atoms. The van der Waals surface area contributed by atoms with Gasteiger partial charge in [0.05, 0.1) is 19.0 Å². The molecule has 2 aromatic heterocycles. The second-order valence-corrected chi connectivity index (χ2v) is 13.2. The number of azide groups is 1. The first-order valence-electron chi connectivity index (χ1n) is 9.01. The van der Waals surface area contributed by atoms with E-state index in [2.05, 4.69) is 58.8 Å². The van der Waals surface area contributed by atoms with E-state index in [-0.39, 0.29) is 17.5 Å². The van der Waals surface area contributed by atoms with E-state index < -0.39 is 32.8 Å². The number of nitrogens with zero attached hydrogens (tertiary/aromatic N) is 7. The first-order chi connectivity index (χ1) is 13.1. The van der Waals surface area contributed by atoms with Crippen LogP contribution in [0.4, 0.5) is 5.82 Å². The minimum absolute atomic E-state index is 0.0230. The molecule has 1 saturated heterocycles. The molecule has 0 aromatic carbocycles. The SMILES string of the molecule is CC(C)(C)[Si](C)(C)OC[C@H]1O[C@@H](n2cnc3c(N)ncnc32)[C@@H](N=[N+]=[N-])[C@@H]1O. The number of fused-ring (bicyclic) bond motifs is 1. The van der Waals surface area contributed by atoms with E-state index >= 15 is 0 Å². The Morgan fingerprint density at radius 3 is 2.75 bits per heavy atom. The summed E-state index contributed by atoms with van der Waals surface area (Å²) in [5, 5.41) is 14.5. The van der Waals surface area contributed by atoms with E-state index in [1.165, 1.54) is 12.7 Å². The maximum Gasteiger partial charge on any atom is 0.192 e. The van der Waals surface area contributed by atoms with Gasteiger partial charge >= 0.3 is 0 Å². The molecule has 1 aliphatic heterocycles. The average Bonchev–Trinajstić information content (AvgIpc) is 3.16. The lowest BCUT2D eigenvalue weighted by Crippen LogP contribution is -2.44. The van der Waals surface area contributed by atoms with Gasteiger partial charge in [-0.15, -0.1) is 0 Å². The number of ether oxygens (including phenoxy) is 1. The summed E-state index contributed by atoms with van der Waals surface area (Å²) in [4.78, 5) is 15.2. The van der Waals surface area contributed by atoms with Crippen LogP contribution in [-0.4, -0.2) is 57.8 Å². The van der Waals surface area contributed by atoms with Gasteiger partial charge in [-0.2, -0.15) is 0 Å². The Kier molecular flexibility index (Phi) is 5.34. The number of hydrogen-bond acceptors (Lipinski definition) is 8. The van der Waals surface area contributed by atoms with Crippen molar-refractivity contribution < 1.29 is 14.3 Å². The molecule has 2 aromatic rings. The fourth-order valence-electron chi connectivity index (χ4n) is 2.84. The number of nitrogen functional groups attached to an aromatic ring is 1. The number of nitrogens with two attached hydrogens (primary N) is 1. The predicted molar refractivity (Wildman–Crippen MR) is 106 cm³/mol. The fraction of sp³-hybridized carbons (Fsp3) is 0.688. The molecule has 1 fully saturated rings. The highest BCUT2D eigenvalue weighted by Crippen LogP contribution is 2.39. The first kappa shape index (κ1) is 20.5. The Balaban J connectivity index is 1.88. The van der Waals surface area contributed by atoms with Gasteiger partial charge in [0.1, 0.15) is 30.2 Å². The number of aliphatic hydroxyl groups is 1. The summed E-state index contributed by atoms with van der Waals surface area (Å²) in [5.74, 6) is 0.237. The molecular weight excluding hydrogens is 380 g/mol. The number of imidazole rings is 1. The third-order valence-electron chi connectivity index (χ3n) is 5.60. The number of rotatable bonds is 5. The molecule has 28 heavy (non-hydrogen) atoms. The molecule has 0 aliphatic carbocycles. The molecule has 3 heterocycles. The summed E-state index contributed by atoms with van der Waals surface area (Å²) in [6.07, 6.45) is 0.359. The topological polar surface area (TPSA) is 157 Å². The van der Waals surface area contributed by atoms with Gasteiger partial charge in [-0.3, -0.25) is 4.57 Å². The van der Waals surface area contributed by atoms with Crippen LogP contribution in [0.1, 0.15) is 27.0 Å². The summed E-state index contributed by atoms with van der Waals surface area (Å²) in [6.45, 7) is 10.9. The van der Waals surface area contributed by atoms with Crippen molar-refractivity contribution in [3.05, 3.63) is 23.1 Å². The summed E-state index contributed by atoms with van der Waals surface area (Å²) < 4.78 is 13.8. The molecule has 0 saturated carbocycles. The molecule has 152 valence electrons. The van der Waals surface area contributed by atoms with Crippen LogP contribution < -0.4 is 5.73 Å². The zero-order valence-electron chi connectivity index (χ0n) is 16.6. The van der Waals surface area contributed by atoms with Crippen molar-refractivity contribution in [2.75, 3.05) is 12.3 Å². The monoisotopic (exact) mass is 406 g/mol. The number of hydrogen-bond donors (Lipinski definition) is 2. The van der Waals surface area contributed by atoms with Crippen molar-refractivity contribution in [2.45, 2.75) is 63.4 Å². The summed E-state index contributed by atoms with van der Waals surface area (Å²) >= 11 is 0.